The summed E-state index contributed by atoms with van der Waals surface area (Å²) in [5.74, 6) is 0. The van der Waals surface area contributed by atoms with E-state index < -0.39 is 0 Å². The molecule has 0 saturated heterocycles. The zero-order valence-electron chi connectivity index (χ0n) is 25.8. The summed E-state index contributed by atoms with van der Waals surface area (Å²) in [7, 11) is 0. The maximum atomic E-state index is 11.8. The van der Waals surface area contributed by atoms with Crippen molar-refractivity contribution in [2.75, 3.05) is 10.6 Å². The topological polar surface area (TPSA) is 58.2 Å². The number of thiophene rings is 1. The molecule has 0 fully saturated rings. The number of hydrogen-bond acceptors (Lipinski definition) is 3. The van der Waals surface area contributed by atoms with Crippen molar-refractivity contribution >= 4 is 35.5 Å². The van der Waals surface area contributed by atoms with Crippen LogP contribution in [-0.2, 0) is 31.2 Å². The Hall–Kier alpha value is -2.92. The molecule has 4 nitrogen and oxygen atoms in total. The van der Waals surface area contributed by atoms with Crippen molar-refractivity contribution in [2.45, 2.75) is 105 Å². The van der Waals surface area contributed by atoms with Gasteiger partial charge >= 0.3 is 0 Å². The van der Waals surface area contributed by atoms with Crippen LogP contribution >= 0.6 is 11.3 Å². The number of benzene rings is 2. The Bertz CT molecular complexity index is 1270. The molecule has 0 radical (unpaired) electrons. The fourth-order valence-electron chi connectivity index (χ4n) is 4.78. The van der Waals surface area contributed by atoms with E-state index in [0.29, 0.717) is 0 Å². The van der Waals surface area contributed by atoms with E-state index in [9.17, 15) is 9.59 Å². The second kappa shape index (κ2) is 10.6. The fraction of sp³-hybridized carbons (Fsp3) is 0.471. The van der Waals surface area contributed by atoms with Crippen LogP contribution in [0.4, 0.5) is 11.4 Å². The molecular formula is C34H46N2O2S. The largest absolute Gasteiger partial charge is 0.328 e. The number of amides is 2. The highest BCUT2D eigenvalue weighted by molar-refractivity contribution is 7.19. The van der Waals surface area contributed by atoms with Gasteiger partial charge in [0.2, 0.25) is 12.8 Å². The summed E-state index contributed by atoms with van der Waals surface area (Å²) >= 11 is 1.68. The third kappa shape index (κ3) is 6.63. The molecule has 39 heavy (non-hydrogen) atoms. The normalized spacial score (nSPS) is 12.8. The first-order chi connectivity index (χ1) is 17.8. The number of anilines is 2. The van der Waals surface area contributed by atoms with Crippen LogP contribution in [0.3, 0.4) is 0 Å². The van der Waals surface area contributed by atoms with Crippen molar-refractivity contribution in [3.05, 3.63) is 58.7 Å². The highest BCUT2D eigenvalue weighted by atomic mass is 32.1. The lowest BCUT2D eigenvalue weighted by Gasteiger charge is -2.29. The quantitative estimate of drug-likeness (QED) is 0.303. The number of carbonyl (C=O) groups excluding carboxylic acids is 2. The van der Waals surface area contributed by atoms with E-state index in [1.54, 1.807) is 11.3 Å². The first-order valence-electron chi connectivity index (χ1n) is 13.7. The third-order valence-electron chi connectivity index (χ3n) is 7.17. The molecule has 1 aromatic heterocycles. The maximum Gasteiger partial charge on any atom is 0.211 e. The van der Waals surface area contributed by atoms with Gasteiger partial charge in [-0.2, -0.15) is 0 Å². The van der Waals surface area contributed by atoms with E-state index in [0.717, 1.165) is 56.2 Å². The van der Waals surface area contributed by atoms with Crippen LogP contribution in [0.2, 0.25) is 0 Å². The summed E-state index contributed by atoms with van der Waals surface area (Å²) < 4.78 is 0. The number of carbonyl (C=O) groups is 2. The fourth-order valence-corrected chi connectivity index (χ4v) is 5.83. The van der Waals surface area contributed by atoms with Gasteiger partial charge in [0.1, 0.15) is 0 Å². The molecule has 3 rings (SSSR count). The second-order valence-corrected chi connectivity index (χ2v) is 15.7. The van der Waals surface area contributed by atoms with Gasteiger partial charge in [-0.1, -0.05) is 95.2 Å². The monoisotopic (exact) mass is 546 g/mol. The van der Waals surface area contributed by atoms with Crippen molar-refractivity contribution in [3.8, 4) is 20.9 Å². The molecule has 0 saturated carbocycles. The van der Waals surface area contributed by atoms with Gasteiger partial charge in [0.25, 0.3) is 0 Å². The summed E-state index contributed by atoms with van der Waals surface area (Å²) in [5.41, 5.74) is 7.97. The lowest BCUT2D eigenvalue weighted by molar-refractivity contribution is -0.106. The van der Waals surface area contributed by atoms with Gasteiger partial charge in [-0.3, -0.25) is 9.59 Å². The Morgan fingerprint density at radius 3 is 1.13 bits per heavy atom. The van der Waals surface area contributed by atoms with E-state index in [2.05, 4.69) is 130 Å². The number of nitrogens with one attached hydrogen (secondary N) is 2. The summed E-state index contributed by atoms with van der Waals surface area (Å²) in [6.07, 6.45) is 1.54. The molecular weight excluding hydrogens is 500 g/mol. The molecule has 0 unspecified atom stereocenters. The van der Waals surface area contributed by atoms with Crippen molar-refractivity contribution in [3.63, 3.8) is 0 Å². The SMILES string of the molecule is CC(C)(C)c1cc(-c2ccc(-c3cc(C(C)(C)C)cc(C(C)(C)C)c3NC=O)s2)c(NC=O)c(C(C)(C)C)c1. The van der Waals surface area contributed by atoms with Crippen molar-refractivity contribution in [1.82, 2.24) is 0 Å². The molecule has 0 spiro atoms. The summed E-state index contributed by atoms with van der Waals surface area (Å²) in [5, 5.41) is 6.07. The zero-order chi connectivity index (χ0) is 29.6. The van der Waals surface area contributed by atoms with Crippen LogP contribution in [-0.4, -0.2) is 12.8 Å². The van der Waals surface area contributed by atoms with Crippen molar-refractivity contribution in [2.24, 2.45) is 0 Å². The average molecular weight is 547 g/mol. The molecule has 0 bridgehead atoms. The van der Waals surface area contributed by atoms with Gasteiger partial charge < -0.3 is 10.6 Å². The predicted molar refractivity (Wildman–Crippen MR) is 169 cm³/mol. The Morgan fingerprint density at radius 2 is 0.872 bits per heavy atom. The molecule has 0 aliphatic carbocycles. The molecule has 3 aromatic rings. The van der Waals surface area contributed by atoms with Crippen LogP contribution in [0.25, 0.3) is 20.9 Å². The van der Waals surface area contributed by atoms with Gasteiger partial charge in [-0.05, 0) is 68.2 Å². The van der Waals surface area contributed by atoms with Gasteiger partial charge in [0.05, 0.1) is 11.4 Å². The highest BCUT2D eigenvalue weighted by Gasteiger charge is 2.28. The van der Waals surface area contributed by atoms with E-state index in [1.165, 1.54) is 11.1 Å². The van der Waals surface area contributed by atoms with Crippen molar-refractivity contribution < 1.29 is 9.59 Å². The average Bonchev–Trinajstić information content (AvgIpc) is 3.26. The molecule has 1 heterocycles. The summed E-state index contributed by atoms with van der Waals surface area (Å²) in [6, 6.07) is 13.2. The molecule has 0 atom stereocenters. The summed E-state index contributed by atoms with van der Waals surface area (Å²) in [4.78, 5) is 25.7. The lowest BCUT2D eigenvalue weighted by Crippen LogP contribution is -2.19. The predicted octanol–water partition coefficient (Wildman–Crippen LogP) is 9.41. The van der Waals surface area contributed by atoms with Crippen LogP contribution in [0.15, 0.2) is 36.4 Å². The van der Waals surface area contributed by atoms with Gasteiger partial charge in [0.15, 0.2) is 0 Å². The lowest BCUT2D eigenvalue weighted by atomic mass is 9.78. The van der Waals surface area contributed by atoms with E-state index in [4.69, 9.17) is 0 Å². The first-order valence-corrected chi connectivity index (χ1v) is 14.5. The number of hydrogen-bond donors (Lipinski definition) is 2. The minimum atomic E-state index is -0.162. The van der Waals surface area contributed by atoms with Crippen LogP contribution in [0.5, 0.6) is 0 Å². The molecule has 5 heteroatoms. The smallest absolute Gasteiger partial charge is 0.211 e. The molecule has 0 aliphatic rings. The molecule has 2 aromatic carbocycles. The molecule has 2 amide bonds. The molecule has 210 valence electrons. The standard InChI is InChI=1S/C34H46N2O2S/c1-31(2,3)21-15-23(29(35-19-37)25(17-21)33(7,8)9)27-13-14-28(39-27)24-16-22(32(4,5)6)18-26(34(10,11)12)30(24)36-20-38/h13-20H,1-12H3,(H,35,37)(H,36,38). The van der Waals surface area contributed by atoms with Crippen LogP contribution in [0.1, 0.15) is 105 Å². The minimum Gasteiger partial charge on any atom is -0.328 e. The van der Waals surface area contributed by atoms with Crippen LogP contribution in [0, 0.1) is 0 Å². The first kappa shape index (κ1) is 30.6. The second-order valence-electron chi connectivity index (χ2n) is 14.6. The Balaban J connectivity index is 2.37. The van der Waals surface area contributed by atoms with E-state index in [1.807, 2.05) is 0 Å². The minimum absolute atomic E-state index is 0.0573. The third-order valence-corrected chi connectivity index (χ3v) is 8.32. The number of rotatable bonds is 6. The van der Waals surface area contributed by atoms with Gasteiger partial charge in [-0.15, -0.1) is 11.3 Å². The highest BCUT2D eigenvalue weighted by Crippen LogP contribution is 2.47. The Morgan fingerprint density at radius 1 is 0.538 bits per heavy atom. The molecule has 0 aliphatic heterocycles. The Kier molecular flexibility index (Phi) is 8.30. The van der Waals surface area contributed by atoms with E-state index >= 15 is 0 Å². The maximum absolute atomic E-state index is 11.8. The van der Waals surface area contributed by atoms with Gasteiger partial charge in [-0.25, -0.2) is 0 Å². The summed E-state index contributed by atoms with van der Waals surface area (Å²) in [6.45, 7) is 26.4. The van der Waals surface area contributed by atoms with Crippen molar-refractivity contribution in [1.29, 1.82) is 0 Å². The van der Waals surface area contributed by atoms with E-state index in [-0.39, 0.29) is 21.7 Å². The zero-order valence-corrected chi connectivity index (χ0v) is 26.7. The van der Waals surface area contributed by atoms with Crippen LogP contribution < -0.4 is 10.6 Å². The Labute approximate surface area is 239 Å². The van der Waals surface area contributed by atoms with Gasteiger partial charge in [0, 0.05) is 20.9 Å². The molecule has 2 N–H and O–H groups in total.